The number of anilines is 1. The third kappa shape index (κ3) is 4.29. The molecular formula is C16H17BrClNO2. The average Bonchev–Trinajstić information content (AvgIpc) is 2.41. The molecule has 0 aromatic heterocycles. The number of hydrogen-bond donors (Lipinski definition) is 2. The fraction of sp³-hybridized carbons (Fsp3) is 0.250. The highest BCUT2D eigenvalue weighted by atomic mass is 79.9. The van der Waals surface area contributed by atoms with Crippen LogP contribution in [0.25, 0.3) is 0 Å². The molecule has 0 radical (unpaired) electrons. The Morgan fingerprint density at radius 2 is 1.95 bits per heavy atom. The topological polar surface area (TPSA) is 41.5 Å². The van der Waals surface area contributed by atoms with E-state index in [0.29, 0.717) is 5.02 Å². The number of phenolic OH excluding ortho intramolecular Hbond substituents is 1. The van der Waals surface area contributed by atoms with E-state index in [-0.39, 0.29) is 11.8 Å². The van der Waals surface area contributed by atoms with E-state index < -0.39 is 0 Å². The molecule has 2 N–H and O–H groups in total. The summed E-state index contributed by atoms with van der Waals surface area (Å²) in [7, 11) is 1.63. The van der Waals surface area contributed by atoms with Crippen LogP contribution in [0, 0.1) is 0 Å². The molecule has 0 aliphatic rings. The lowest BCUT2D eigenvalue weighted by molar-refractivity contribution is 0.413. The maximum absolute atomic E-state index is 9.30. The third-order valence-corrected chi connectivity index (χ3v) is 3.90. The standard InChI is InChI=1S/C16H17BrClNO2/c1-10(7-11-3-5-13(20)6-4-11)19-15-9-12(18)8-14(17)16(15)21-2/h3-6,8-10,19-20H,7H2,1-2H3. The van der Waals surface area contributed by atoms with Gasteiger partial charge in [-0.25, -0.2) is 0 Å². The van der Waals surface area contributed by atoms with Crippen molar-refractivity contribution in [3.05, 3.63) is 51.5 Å². The van der Waals surface area contributed by atoms with Gasteiger partial charge in [-0.15, -0.1) is 0 Å². The minimum atomic E-state index is 0.189. The molecular weight excluding hydrogens is 354 g/mol. The van der Waals surface area contributed by atoms with Gasteiger partial charge in [0.15, 0.2) is 5.75 Å². The Morgan fingerprint density at radius 1 is 1.29 bits per heavy atom. The number of halogens is 2. The highest BCUT2D eigenvalue weighted by molar-refractivity contribution is 9.10. The van der Waals surface area contributed by atoms with Crippen molar-refractivity contribution >= 4 is 33.2 Å². The highest BCUT2D eigenvalue weighted by Gasteiger charge is 2.12. The van der Waals surface area contributed by atoms with Crippen molar-refractivity contribution in [1.29, 1.82) is 0 Å². The average molecular weight is 371 g/mol. The Morgan fingerprint density at radius 3 is 2.57 bits per heavy atom. The first-order valence-electron chi connectivity index (χ1n) is 6.57. The summed E-state index contributed by atoms with van der Waals surface area (Å²) in [5, 5.41) is 13.3. The molecule has 112 valence electrons. The van der Waals surface area contributed by atoms with E-state index in [0.717, 1.165) is 27.9 Å². The molecule has 21 heavy (non-hydrogen) atoms. The van der Waals surface area contributed by atoms with Gasteiger partial charge < -0.3 is 15.2 Å². The van der Waals surface area contributed by atoms with Gasteiger partial charge in [-0.1, -0.05) is 23.7 Å². The summed E-state index contributed by atoms with van der Waals surface area (Å²) in [6, 6.07) is 11.1. The van der Waals surface area contributed by atoms with Crippen LogP contribution in [0.5, 0.6) is 11.5 Å². The van der Waals surface area contributed by atoms with Crippen molar-refractivity contribution in [2.75, 3.05) is 12.4 Å². The number of rotatable bonds is 5. The summed E-state index contributed by atoms with van der Waals surface area (Å²) >= 11 is 9.53. The molecule has 0 fully saturated rings. The fourth-order valence-electron chi connectivity index (χ4n) is 2.18. The lowest BCUT2D eigenvalue weighted by atomic mass is 10.1. The van der Waals surface area contributed by atoms with Crippen molar-refractivity contribution in [3.8, 4) is 11.5 Å². The second-order valence-electron chi connectivity index (χ2n) is 4.88. The zero-order chi connectivity index (χ0) is 15.4. The second kappa shape index (κ2) is 7.05. The van der Waals surface area contributed by atoms with E-state index in [2.05, 4.69) is 28.2 Å². The van der Waals surface area contributed by atoms with Crippen LogP contribution in [0.2, 0.25) is 5.02 Å². The summed E-state index contributed by atoms with van der Waals surface area (Å²) in [6.45, 7) is 2.08. The van der Waals surface area contributed by atoms with Gasteiger partial charge in [-0.3, -0.25) is 0 Å². The molecule has 2 rings (SSSR count). The lowest BCUT2D eigenvalue weighted by Gasteiger charge is -2.19. The van der Waals surface area contributed by atoms with Crippen LogP contribution >= 0.6 is 27.5 Å². The molecule has 0 saturated carbocycles. The van der Waals surface area contributed by atoms with Gasteiger partial charge >= 0.3 is 0 Å². The van der Waals surface area contributed by atoms with Crippen LogP contribution in [-0.4, -0.2) is 18.3 Å². The van der Waals surface area contributed by atoms with Crippen molar-refractivity contribution in [2.45, 2.75) is 19.4 Å². The van der Waals surface area contributed by atoms with Crippen LogP contribution in [0.4, 0.5) is 5.69 Å². The van der Waals surface area contributed by atoms with Crippen LogP contribution in [0.1, 0.15) is 12.5 Å². The molecule has 1 unspecified atom stereocenters. The Balaban J connectivity index is 2.12. The molecule has 5 heteroatoms. The largest absolute Gasteiger partial charge is 0.508 e. The third-order valence-electron chi connectivity index (χ3n) is 3.09. The van der Waals surface area contributed by atoms with Gasteiger partial charge in [0.2, 0.25) is 0 Å². The number of hydrogen-bond acceptors (Lipinski definition) is 3. The van der Waals surface area contributed by atoms with E-state index in [1.165, 1.54) is 0 Å². The van der Waals surface area contributed by atoms with Crippen molar-refractivity contribution in [2.24, 2.45) is 0 Å². The number of aromatic hydroxyl groups is 1. The summed E-state index contributed by atoms with van der Waals surface area (Å²) in [4.78, 5) is 0. The van der Waals surface area contributed by atoms with Crippen molar-refractivity contribution < 1.29 is 9.84 Å². The molecule has 0 amide bonds. The van der Waals surface area contributed by atoms with Crippen LogP contribution in [0.15, 0.2) is 40.9 Å². The van der Waals surface area contributed by atoms with Crippen molar-refractivity contribution in [3.63, 3.8) is 0 Å². The minimum Gasteiger partial charge on any atom is -0.508 e. The molecule has 2 aromatic rings. The van der Waals surface area contributed by atoms with Gasteiger partial charge in [0.1, 0.15) is 5.75 Å². The summed E-state index contributed by atoms with van der Waals surface area (Å²) < 4.78 is 6.21. The monoisotopic (exact) mass is 369 g/mol. The van der Waals surface area contributed by atoms with Gasteiger partial charge in [0, 0.05) is 11.1 Å². The highest BCUT2D eigenvalue weighted by Crippen LogP contribution is 2.36. The van der Waals surface area contributed by atoms with Crippen molar-refractivity contribution in [1.82, 2.24) is 0 Å². The fourth-order valence-corrected chi connectivity index (χ4v) is 3.15. The molecule has 0 aliphatic carbocycles. The molecule has 0 bridgehead atoms. The number of nitrogens with one attached hydrogen (secondary N) is 1. The maximum Gasteiger partial charge on any atom is 0.156 e. The van der Waals surface area contributed by atoms with Gasteiger partial charge in [-0.2, -0.15) is 0 Å². The molecule has 0 spiro atoms. The lowest BCUT2D eigenvalue weighted by Crippen LogP contribution is -2.18. The molecule has 0 heterocycles. The Labute approximate surface area is 138 Å². The molecule has 3 nitrogen and oxygen atoms in total. The van der Waals surface area contributed by atoms with E-state index in [1.807, 2.05) is 18.2 Å². The predicted octanol–water partition coefficient (Wildman–Crippen LogP) is 4.86. The molecule has 0 aliphatic heterocycles. The van der Waals surface area contributed by atoms with Crippen LogP contribution in [-0.2, 0) is 6.42 Å². The predicted molar refractivity (Wildman–Crippen MR) is 90.6 cm³/mol. The number of ether oxygens (including phenoxy) is 1. The zero-order valence-electron chi connectivity index (χ0n) is 11.9. The van der Waals surface area contributed by atoms with Gasteiger partial charge in [0.25, 0.3) is 0 Å². The van der Waals surface area contributed by atoms with E-state index >= 15 is 0 Å². The Bertz CT molecular complexity index is 616. The number of phenols is 1. The summed E-state index contributed by atoms with van der Waals surface area (Å²) in [5.74, 6) is 1.01. The summed E-state index contributed by atoms with van der Waals surface area (Å²) in [5.41, 5.74) is 2.00. The molecule has 1 atom stereocenters. The second-order valence-corrected chi connectivity index (χ2v) is 6.18. The van der Waals surface area contributed by atoms with Crippen LogP contribution in [0.3, 0.4) is 0 Å². The minimum absolute atomic E-state index is 0.189. The quantitative estimate of drug-likeness (QED) is 0.790. The SMILES string of the molecule is COc1c(Br)cc(Cl)cc1NC(C)Cc1ccc(O)cc1. The normalized spacial score (nSPS) is 12.0. The van der Waals surface area contributed by atoms with E-state index in [1.54, 1.807) is 25.3 Å². The van der Waals surface area contributed by atoms with Crippen LogP contribution < -0.4 is 10.1 Å². The summed E-state index contributed by atoms with van der Waals surface area (Å²) in [6.07, 6.45) is 0.827. The zero-order valence-corrected chi connectivity index (χ0v) is 14.2. The maximum atomic E-state index is 9.30. The Hall–Kier alpha value is -1.39. The molecule has 0 saturated heterocycles. The van der Waals surface area contributed by atoms with Gasteiger partial charge in [-0.05, 0) is 59.1 Å². The van der Waals surface area contributed by atoms with Gasteiger partial charge in [0.05, 0.1) is 17.3 Å². The first kappa shape index (κ1) is 16.0. The van der Waals surface area contributed by atoms with E-state index in [9.17, 15) is 5.11 Å². The number of methoxy groups -OCH3 is 1. The number of benzene rings is 2. The van der Waals surface area contributed by atoms with E-state index in [4.69, 9.17) is 16.3 Å². The Kier molecular flexibility index (Phi) is 5.37. The first-order chi connectivity index (χ1) is 9.99. The molecule has 2 aromatic carbocycles. The smallest absolute Gasteiger partial charge is 0.156 e. The first-order valence-corrected chi connectivity index (χ1v) is 7.74.